The summed E-state index contributed by atoms with van der Waals surface area (Å²) >= 11 is 5.92. The summed E-state index contributed by atoms with van der Waals surface area (Å²) in [7, 11) is -3.01. The third-order valence-electron chi connectivity index (χ3n) is 2.91. The van der Waals surface area contributed by atoms with Crippen molar-refractivity contribution in [2.45, 2.75) is 6.42 Å². The van der Waals surface area contributed by atoms with E-state index < -0.39 is 9.84 Å². The lowest BCUT2D eigenvalue weighted by molar-refractivity contribution is 0.0955. The first-order valence-corrected chi connectivity index (χ1v) is 8.82. The Hall–Kier alpha value is -1.66. The highest BCUT2D eigenvalue weighted by molar-refractivity contribution is 7.90. The number of para-hydroxylation sites is 1. The molecule has 0 aliphatic carbocycles. The van der Waals surface area contributed by atoms with Crippen LogP contribution in [-0.2, 0) is 9.84 Å². The molecular weight excluding hydrogens is 312 g/mol. The Kier molecular flexibility index (Phi) is 4.80. The van der Waals surface area contributed by atoms with Crippen molar-refractivity contribution < 1.29 is 13.2 Å². The number of amides is 1. The van der Waals surface area contributed by atoms with Crippen LogP contribution < -0.4 is 5.32 Å². The fourth-order valence-corrected chi connectivity index (χ4v) is 2.83. The van der Waals surface area contributed by atoms with Crippen molar-refractivity contribution >= 4 is 38.2 Å². The summed E-state index contributed by atoms with van der Waals surface area (Å²) in [5.74, 6) is -0.241. The Morgan fingerprint density at radius 2 is 2.05 bits per heavy atom. The molecule has 0 radical (unpaired) electrons. The number of pyridine rings is 1. The van der Waals surface area contributed by atoms with Crippen LogP contribution >= 0.6 is 11.6 Å². The first kappa shape index (κ1) is 15.7. The molecule has 0 fully saturated rings. The van der Waals surface area contributed by atoms with Gasteiger partial charge in [-0.15, -0.1) is 0 Å². The summed E-state index contributed by atoms with van der Waals surface area (Å²) in [6.45, 7) is 0.292. The molecule has 2 aromatic rings. The van der Waals surface area contributed by atoms with E-state index in [9.17, 15) is 13.2 Å². The van der Waals surface area contributed by atoms with E-state index in [0.717, 1.165) is 0 Å². The fraction of sp³-hybridized carbons (Fsp3) is 0.286. The van der Waals surface area contributed by atoms with Crippen molar-refractivity contribution in [2.75, 3.05) is 18.6 Å². The number of halogens is 1. The van der Waals surface area contributed by atoms with Crippen molar-refractivity contribution in [1.82, 2.24) is 10.3 Å². The predicted molar refractivity (Wildman–Crippen MR) is 83.4 cm³/mol. The Morgan fingerprint density at radius 3 is 2.76 bits per heavy atom. The molecule has 0 atom stereocenters. The number of carbonyl (C=O) groups is 1. The average Bonchev–Trinajstić information content (AvgIpc) is 2.41. The predicted octanol–water partition coefficient (Wildman–Crippen LogP) is 2.05. The normalized spacial score (nSPS) is 11.5. The van der Waals surface area contributed by atoms with Crippen molar-refractivity contribution in [3.63, 3.8) is 0 Å². The van der Waals surface area contributed by atoms with E-state index in [2.05, 4.69) is 10.3 Å². The number of rotatable bonds is 5. The van der Waals surface area contributed by atoms with Gasteiger partial charge in [-0.1, -0.05) is 29.8 Å². The maximum atomic E-state index is 12.2. The van der Waals surface area contributed by atoms with Crippen LogP contribution in [-0.4, -0.2) is 37.9 Å². The Bertz CT molecular complexity index is 775. The summed E-state index contributed by atoms with van der Waals surface area (Å²) in [6, 6.07) is 8.72. The molecule has 1 amide bonds. The molecule has 1 aromatic carbocycles. The molecular formula is C14H15ClN2O3S. The first-order valence-electron chi connectivity index (χ1n) is 6.38. The number of benzene rings is 1. The van der Waals surface area contributed by atoms with Crippen LogP contribution in [0.25, 0.3) is 10.9 Å². The minimum absolute atomic E-state index is 0.0468. The Balaban J connectivity index is 2.12. The molecule has 1 aromatic heterocycles. The van der Waals surface area contributed by atoms with Gasteiger partial charge in [0.2, 0.25) is 0 Å². The second kappa shape index (κ2) is 6.41. The van der Waals surface area contributed by atoms with Gasteiger partial charge in [-0.2, -0.15) is 0 Å². The summed E-state index contributed by atoms with van der Waals surface area (Å²) in [5, 5.41) is 3.66. The van der Waals surface area contributed by atoms with E-state index in [1.165, 1.54) is 12.3 Å². The van der Waals surface area contributed by atoms with Crippen molar-refractivity contribution in [2.24, 2.45) is 0 Å². The first-order chi connectivity index (χ1) is 9.87. The van der Waals surface area contributed by atoms with Crippen LogP contribution in [0.15, 0.2) is 30.3 Å². The van der Waals surface area contributed by atoms with Gasteiger partial charge in [-0.3, -0.25) is 4.79 Å². The monoisotopic (exact) mass is 326 g/mol. The maximum absolute atomic E-state index is 12.2. The van der Waals surface area contributed by atoms with E-state index in [4.69, 9.17) is 11.6 Å². The molecule has 2 rings (SSSR count). The third-order valence-corrected chi connectivity index (χ3v) is 4.13. The fourth-order valence-electron chi connectivity index (χ4n) is 1.96. The van der Waals surface area contributed by atoms with Crippen LogP contribution in [0.1, 0.15) is 16.8 Å². The SMILES string of the molecule is CS(=O)(=O)CCCNC(=O)c1cc(Cl)nc2ccccc12. The van der Waals surface area contributed by atoms with Crippen LogP contribution in [0.4, 0.5) is 0 Å². The number of nitrogens with one attached hydrogen (secondary N) is 1. The Morgan fingerprint density at radius 1 is 1.33 bits per heavy atom. The minimum Gasteiger partial charge on any atom is -0.352 e. The highest BCUT2D eigenvalue weighted by Crippen LogP contribution is 2.20. The van der Waals surface area contributed by atoms with Gasteiger partial charge in [0, 0.05) is 18.2 Å². The molecule has 0 aliphatic rings. The van der Waals surface area contributed by atoms with Gasteiger partial charge in [-0.05, 0) is 18.6 Å². The molecule has 112 valence electrons. The lowest BCUT2D eigenvalue weighted by Gasteiger charge is -2.08. The van der Waals surface area contributed by atoms with E-state index in [0.29, 0.717) is 29.4 Å². The van der Waals surface area contributed by atoms with E-state index >= 15 is 0 Å². The number of fused-ring (bicyclic) bond motifs is 1. The highest BCUT2D eigenvalue weighted by atomic mass is 35.5. The minimum atomic E-state index is -3.01. The molecule has 1 N–H and O–H groups in total. The van der Waals surface area contributed by atoms with Crippen molar-refractivity contribution in [3.05, 3.63) is 41.0 Å². The maximum Gasteiger partial charge on any atom is 0.252 e. The summed E-state index contributed by atoms with van der Waals surface area (Å²) in [5.41, 5.74) is 1.08. The molecule has 21 heavy (non-hydrogen) atoms. The number of sulfone groups is 1. The zero-order valence-corrected chi connectivity index (χ0v) is 13.0. The van der Waals surface area contributed by atoms with Gasteiger partial charge in [-0.25, -0.2) is 13.4 Å². The third kappa shape index (κ3) is 4.41. The molecule has 1 heterocycles. The number of hydrogen-bond acceptors (Lipinski definition) is 4. The second-order valence-electron chi connectivity index (χ2n) is 4.75. The van der Waals surface area contributed by atoms with Crippen LogP contribution in [0.5, 0.6) is 0 Å². The van der Waals surface area contributed by atoms with Gasteiger partial charge in [0.15, 0.2) is 0 Å². The van der Waals surface area contributed by atoms with Crippen LogP contribution in [0.2, 0.25) is 5.15 Å². The lowest BCUT2D eigenvalue weighted by Crippen LogP contribution is -2.26. The van der Waals surface area contributed by atoms with Gasteiger partial charge in [0.05, 0.1) is 16.8 Å². The van der Waals surface area contributed by atoms with E-state index in [1.807, 2.05) is 12.1 Å². The summed E-state index contributed by atoms with van der Waals surface area (Å²) in [4.78, 5) is 16.3. The number of carbonyl (C=O) groups excluding carboxylic acids is 1. The second-order valence-corrected chi connectivity index (χ2v) is 7.40. The number of aromatic nitrogens is 1. The Labute approximate surface area is 128 Å². The standard InChI is InChI=1S/C14H15ClN2O3S/c1-21(19,20)8-4-7-16-14(18)11-9-13(15)17-12-6-3-2-5-10(11)12/h2-3,5-6,9H,4,7-8H2,1H3,(H,16,18). The largest absolute Gasteiger partial charge is 0.352 e. The summed E-state index contributed by atoms with van der Waals surface area (Å²) in [6.07, 6.45) is 1.55. The molecule has 0 unspecified atom stereocenters. The molecule has 0 spiro atoms. The topological polar surface area (TPSA) is 76.1 Å². The van der Waals surface area contributed by atoms with Crippen LogP contribution in [0.3, 0.4) is 0 Å². The quantitative estimate of drug-likeness (QED) is 0.674. The summed E-state index contributed by atoms with van der Waals surface area (Å²) < 4.78 is 22.1. The molecule has 5 nitrogen and oxygen atoms in total. The zero-order valence-electron chi connectivity index (χ0n) is 11.5. The number of nitrogens with zero attached hydrogens (tertiary/aromatic N) is 1. The smallest absolute Gasteiger partial charge is 0.252 e. The highest BCUT2D eigenvalue weighted by Gasteiger charge is 2.12. The van der Waals surface area contributed by atoms with E-state index in [-0.39, 0.29) is 16.8 Å². The van der Waals surface area contributed by atoms with Crippen molar-refractivity contribution in [1.29, 1.82) is 0 Å². The van der Waals surface area contributed by atoms with Crippen LogP contribution in [0, 0.1) is 0 Å². The van der Waals surface area contributed by atoms with Gasteiger partial charge in [0.25, 0.3) is 5.91 Å². The number of hydrogen-bond donors (Lipinski definition) is 1. The van der Waals surface area contributed by atoms with Gasteiger partial charge >= 0.3 is 0 Å². The molecule has 0 saturated heterocycles. The average molecular weight is 327 g/mol. The molecule has 0 saturated carbocycles. The zero-order chi connectivity index (χ0) is 15.5. The molecule has 7 heteroatoms. The van der Waals surface area contributed by atoms with Crippen molar-refractivity contribution in [3.8, 4) is 0 Å². The van der Waals surface area contributed by atoms with Gasteiger partial charge < -0.3 is 5.32 Å². The molecule has 0 aliphatic heterocycles. The van der Waals surface area contributed by atoms with E-state index in [1.54, 1.807) is 12.1 Å². The van der Waals surface area contributed by atoms with Gasteiger partial charge in [0.1, 0.15) is 15.0 Å². The lowest BCUT2D eigenvalue weighted by atomic mass is 10.1. The molecule has 0 bridgehead atoms.